The molecule has 0 amide bonds. The fourth-order valence-corrected chi connectivity index (χ4v) is 1.98. The van der Waals surface area contributed by atoms with E-state index in [0.29, 0.717) is 5.56 Å². The van der Waals surface area contributed by atoms with Crippen LogP contribution in [0.15, 0.2) is 48.5 Å². The van der Waals surface area contributed by atoms with E-state index in [9.17, 15) is 15.0 Å². The summed E-state index contributed by atoms with van der Waals surface area (Å²) in [6.07, 6.45) is 0. The smallest absolute Gasteiger partial charge is 0.172 e. The van der Waals surface area contributed by atoms with Crippen molar-refractivity contribution in [3.63, 3.8) is 0 Å². The van der Waals surface area contributed by atoms with Gasteiger partial charge >= 0.3 is 0 Å². The van der Waals surface area contributed by atoms with E-state index in [4.69, 9.17) is 0 Å². The highest BCUT2D eigenvalue weighted by Crippen LogP contribution is 2.29. The molecular formula is C16H16O3. The largest absolute Gasteiger partial charge is 0.508 e. The van der Waals surface area contributed by atoms with Crippen LogP contribution in [0.2, 0.25) is 0 Å². The molecule has 0 bridgehead atoms. The van der Waals surface area contributed by atoms with E-state index in [1.165, 1.54) is 12.1 Å². The predicted octanol–water partition coefficient (Wildman–Crippen LogP) is 3.26. The lowest BCUT2D eigenvalue weighted by Gasteiger charge is -2.24. The van der Waals surface area contributed by atoms with Gasteiger partial charge in [0.1, 0.15) is 11.5 Å². The number of benzene rings is 2. The van der Waals surface area contributed by atoms with E-state index in [0.717, 1.165) is 5.56 Å². The summed E-state index contributed by atoms with van der Waals surface area (Å²) in [5, 5.41) is 18.5. The molecule has 0 unspecified atom stereocenters. The summed E-state index contributed by atoms with van der Waals surface area (Å²) in [5.41, 5.74) is 0.698. The minimum atomic E-state index is -0.690. The first kappa shape index (κ1) is 13.1. The van der Waals surface area contributed by atoms with Crippen LogP contribution in [-0.4, -0.2) is 16.0 Å². The van der Waals surface area contributed by atoms with Crippen molar-refractivity contribution in [1.82, 2.24) is 0 Å². The van der Waals surface area contributed by atoms with Crippen LogP contribution in [0.4, 0.5) is 0 Å². The van der Waals surface area contributed by atoms with E-state index in [-0.39, 0.29) is 17.3 Å². The monoisotopic (exact) mass is 256 g/mol. The topological polar surface area (TPSA) is 57.5 Å². The third-order valence-electron chi connectivity index (χ3n) is 3.29. The van der Waals surface area contributed by atoms with Gasteiger partial charge in [0.15, 0.2) is 5.78 Å². The molecule has 2 aromatic carbocycles. The Kier molecular flexibility index (Phi) is 3.30. The summed E-state index contributed by atoms with van der Waals surface area (Å²) < 4.78 is 0. The molecule has 2 N–H and O–H groups in total. The summed E-state index contributed by atoms with van der Waals surface area (Å²) in [4.78, 5) is 12.5. The van der Waals surface area contributed by atoms with Gasteiger partial charge in [-0.05, 0) is 55.8 Å². The highest BCUT2D eigenvalue weighted by Gasteiger charge is 2.30. The normalized spacial score (nSPS) is 11.3. The number of phenolic OH excluding ortho intramolecular Hbond substituents is 2. The Hall–Kier alpha value is -2.29. The Labute approximate surface area is 112 Å². The highest BCUT2D eigenvalue weighted by atomic mass is 16.3. The lowest BCUT2D eigenvalue weighted by atomic mass is 9.78. The van der Waals surface area contributed by atoms with Crippen LogP contribution in [0.5, 0.6) is 11.5 Å². The van der Waals surface area contributed by atoms with E-state index >= 15 is 0 Å². The number of hydrogen-bond donors (Lipinski definition) is 2. The van der Waals surface area contributed by atoms with Gasteiger partial charge in [-0.25, -0.2) is 0 Å². The van der Waals surface area contributed by atoms with Crippen molar-refractivity contribution in [3.05, 3.63) is 59.7 Å². The average Bonchev–Trinajstić information content (AvgIpc) is 2.39. The second-order valence-corrected chi connectivity index (χ2v) is 5.05. The van der Waals surface area contributed by atoms with Gasteiger partial charge in [-0.2, -0.15) is 0 Å². The molecule has 0 aliphatic heterocycles. The lowest BCUT2D eigenvalue weighted by molar-refractivity contribution is 0.0908. The zero-order chi connectivity index (χ0) is 14.0. The maximum atomic E-state index is 12.5. The molecule has 0 radical (unpaired) electrons. The molecule has 0 fully saturated rings. The second-order valence-electron chi connectivity index (χ2n) is 5.05. The van der Waals surface area contributed by atoms with Crippen LogP contribution < -0.4 is 0 Å². The maximum absolute atomic E-state index is 12.5. The first-order valence-corrected chi connectivity index (χ1v) is 6.04. The number of hydrogen-bond acceptors (Lipinski definition) is 3. The zero-order valence-corrected chi connectivity index (χ0v) is 10.9. The molecule has 0 saturated carbocycles. The van der Waals surface area contributed by atoms with Gasteiger partial charge in [-0.3, -0.25) is 4.79 Å². The molecule has 0 saturated heterocycles. The minimum Gasteiger partial charge on any atom is -0.508 e. The summed E-state index contributed by atoms with van der Waals surface area (Å²) >= 11 is 0. The molecule has 0 atom stereocenters. The lowest BCUT2D eigenvalue weighted by Crippen LogP contribution is -2.29. The fraction of sp³-hybridized carbons (Fsp3) is 0.188. The Morgan fingerprint density at radius 3 is 1.74 bits per heavy atom. The van der Waals surface area contributed by atoms with Gasteiger partial charge in [-0.15, -0.1) is 0 Å². The van der Waals surface area contributed by atoms with Crippen molar-refractivity contribution in [2.75, 3.05) is 0 Å². The van der Waals surface area contributed by atoms with Gasteiger partial charge in [-0.1, -0.05) is 12.1 Å². The quantitative estimate of drug-likeness (QED) is 0.829. The summed E-state index contributed by atoms with van der Waals surface area (Å²) in [6.45, 7) is 3.68. The number of rotatable bonds is 3. The SMILES string of the molecule is CC(C)(C(=O)c1ccc(O)cc1)c1ccc(O)cc1. The molecule has 2 rings (SSSR count). The first-order chi connectivity index (χ1) is 8.91. The van der Waals surface area contributed by atoms with E-state index < -0.39 is 5.41 Å². The van der Waals surface area contributed by atoms with Crippen molar-refractivity contribution < 1.29 is 15.0 Å². The minimum absolute atomic E-state index is 0.0295. The molecular weight excluding hydrogens is 240 g/mol. The first-order valence-electron chi connectivity index (χ1n) is 6.04. The number of carbonyl (C=O) groups is 1. The third-order valence-corrected chi connectivity index (χ3v) is 3.29. The summed E-state index contributed by atoms with van der Waals surface area (Å²) in [5.74, 6) is 0.286. The number of ketones is 1. The Morgan fingerprint density at radius 2 is 1.26 bits per heavy atom. The molecule has 19 heavy (non-hydrogen) atoms. The van der Waals surface area contributed by atoms with Gasteiger partial charge < -0.3 is 10.2 Å². The average molecular weight is 256 g/mol. The summed E-state index contributed by atoms with van der Waals surface area (Å²) in [6, 6.07) is 12.9. The maximum Gasteiger partial charge on any atom is 0.172 e. The van der Waals surface area contributed by atoms with E-state index in [2.05, 4.69) is 0 Å². The highest BCUT2D eigenvalue weighted by molar-refractivity contribution is 6.03. The molecule has 98 valence electrons. The molecule has 2 aromatic rings. The predicted molar refractivity (Wildman–Crippen MR) is 73.6 cm³/mol. The van der Waals surface area contributed by atoms with Crippen molar-refractivity contribution >= 4 is 5.78 Å². The van der Waals surface area contributed by atoms with Crippen LogP contribution in [0.3, 0.4) is 0 Å². The van der Waals surface area contributed by atoms with Crippen LogP contribution in [0, 0.1) is 0 Å². The standard InChI is InChI=1S/C16H16O3/c1-16(2,12-5-9-14(18)10-6-12)15(19)11-3-7-13(17)8-4-11/h3-10,17-18H,1-2H3. The van der Waals surface area contributed by atoms with Crippen molar-refractivity contribution in [2.24, 2.45) is 0 Å². The number of carbonyl (C=O) groups excluding carboxylic acids is 1. The number of aromatic hydroxyl groups is 2. The zero-order valence-electron chi connectivity index (χ0n) is 10.9. The molecule has 0 aromatic heterocycles. The van der Waals surface area contributed by atoms with Gasteiger partial charge in [0.05, 0.1) is 5.41 Å². The third kappa shape index (κ3) is 2.60. The van der Waals surface area contributed by atoms with Crippen molar-refractivity contribution in [2.45, 2.75) is 19.3 Å². The Morgan fingerprint density at radius 1 is 0.842 bits per heavy atom. The Balaban J connectivity index is 2.35. The van der Waals surface area contributed by atoms with Gasteiger partial charge in [0.25, 0.3) is 0 Å². The van der Waals surface area contributed by atoms with Crippen molar-refractivity contribution in [3.8, 4) is 11.5 Å². The fourth-order valence-electron chi connectivity index (χ4n) is 1.98. The number of phenols is 2. The molecule has 3 heteroatoms. The molecule has 0 aliphatic rings. The van der Waals surface area contributed by atoms with Gasteiger partial charge in [0.2, 0.25) is 0 Å². The van der Waals surface area contributed by atoms with Crippen LogP contribution >= 0.6 is 0 Å². The van der Waals surface area contributed by atoms with E-state index in [1.54, 1.807) is 36.4 Å². The molecule has 3 nitrogen and oxygen atoms in total. The molecule has 0 spiro atoms. The van der Waals surface area contributed by atoms with Gasteiger partial charge in [0, 0.05) is 5.56 Å². The van der Waals surface area contributed by atoms with Crippen LogP contribution in [0.25, 0.3) is 0 Å². The van der Waals surface area contributed by atoms with Crippen LogP contribution in [-0.2, 0) is 5.41 Å². The van der Waals surface area contributed by atoms with E-state index in [1.807, 2.05) is 13.8 Å². The molecule has 0 aliphatic carbocycles. The molecule has 0 heterocycles. The number of Topliss-reactive ketones (excluding diaryl/α,β-unsaturated/α-hetero) is 1. The summed E-state index contributed by atoms with van der Waals surface area (Å²) in [7, 11) is 0. The second kappa shape index (κ2) is 4.76. The Bertz CT molecular complexity index is 580. The van der Waals surface area contributed by atoms with Crippen LogP contribution in [0.1, 0.15) is 29.8 Å². The van der Waals surface area contributed by atoms with Crippen molar-refractivity contribution in [1.29, 1.82) is 0 Å².